The first-order chi connectivity index (χ1) is 10.2. The number of benzene rings is 2. The van der Waals surface area contributed by atoms with Crippen LogP contribution < -0.4 is 0 Å². The van der Waals surface area contributed by atoms with Crippen LogP contribution in [0.4, 0.5) is 0 Å². The lowest BCUT2D eigenvalue weighted by Gasteiger charge is -2.23. The Bertz CT molecular complexity index is 679. The van der Waals surface area contributed by atoms with Gasteiger partial charge in [-0.15, -0.1) is 0 Å². The molecule has 2 heteroatoms. The summed E-state index contributed by atoms with van der Waals surface area (Å²) in [6.07, 6.45) is 1.86. The number of phenols is 2. The zero-order chi connectivity index (χ0) is 16.5. The Morgan fingerprint density at radius 3 is 2.18 bits per heavy atom. The first kappa shape index (κ1) is 16.4. The molecule has 2 aromatic rings. The summed E-state index contributed by atoms with van der Waals surface area (Å²) < 4.78 is 0. The molecule has 22 heavy (non-hydrogen) atoms. The normalized spacial score (nSPS) is 11.7. The Hall–Kier alpha value is -1.96. The van der Waals surface area contributed by atoms with Gasteiger partial charge in [0.25, 0.3) is 0 Å². The molecule has 2 aromatic carbocycles. The molecular weight excluding hydrogens is 272 g/mol. The summed E-state index contributed by atoms with van der Waals surface area (Å²) in [5, 5.41) is 20.3. The largest absolute Gasteiger partial charge is 0.508 e. The van der Waals surface area contributed by atoms with Crippen molar-refractivity contribution in [3.8, 4) is 22.6 Å². The van der Waals surface area contributed by atoms with E-state index in [1.165, 1.54) is 0 Å². The number of rotatable bonds is 3. The molecule has 0 unspecified atom stereocenters. The quantitative estimate of drug-likeness (QED) is 0.804. The fraction of sp³-hybridized carbons (Fsp3) is 0.400. The molecule has 0 fully saturated rings. The van der Waals surface area contributed by atoms with Crippen molar-refractivity contribution < 1.29 is 10.2 Å². The van der Waals surface area contributed by atoms with Gasteiger partial charge in [0.05, 0.1) is 0 Å². The highest BCUT2D eigenvalue weighted by atomic mass is 16.3. The first-order valence-electron chi connectivity index (χ1n) is 7.90. The zero-order valence-electron chi connectivity index (χ0n) is 14.2. The van der Waals surface area contributed by atoms with Gasteiger partial charge in [-0.2, -0.15) is 0 Å². The molecule has 0 saturated carbocycles. The summed E-state index contributed by atoms with van der Waals surface area (Å²) in [7, 11) is 0. The van der Waals surface area contributed by atoms with Gasteiger partial charge in [-0.25, -0.2) is 0 Å². The van der Waals surface area contributed by atoms with Crippen molar-refractivity contribution in [3.05, 3.63) is 47.0 Å². The van der Waals surface area contributed by atoms with Gasteiger partial charge < -0.3 is 10.2 Å². The fourth-order valence-electron chi connectivity index (χ4n) is 2.73. The highest BCUT2D eigenvalue weighted by Gasteiger charge is 2.21. The molecule has 0 bridgehead atoms. The average molecular weight is 298 g/mol. The van der Waals surface area contributed by atoms with Crippen LogP contribution in [0.15, 0.2) is 30.3 Å². The molecule has 0 saturated heterocycles. The van der Waals surface area contributed by atoms with Gasteiger partial charge in [0.2, 0.25) is 0 Å². The van der Waals surface area contributed by atoms with Gasteiger partial charge in [-0.3, -0.25) is 0 Å². The Morgan fingerprint density at radius 2 is 1.64 bits per heavy atom. The van der Waals surface area contributed by atoms with E-state index in [1.54, 1.807) is 6.07 Å². The maximum Gasteiger partial charge on any atom is 0.122 e. The molecule has 0 aromatic heterocycles. The molecular formula is C20H26O2. The van der Waals surface area contributed by atoms with Gasteiger partial charge in [-0.05, 0) is 65.3 Å². The van der Waals surface area contributed by atoms with Crippen molar-refractivity contribution >= 4 is 0 Å². The molecule has 2 nitrogen and oxygen atoms in total. The molecule has 118 valence electrons. The van der Waals surface area contributed by atoms with Gasteiger partial charge in [0, 0.05) is 5.56 Å². The SMILES string of the molecule is CCCc1cc(-c2ccc(O)c(C)c2)cc(C(C)(C)C)c1O. The Morgan fingerprint density at radius 1 is 0.955 bits per heavy atom. The smallest absolute Gasteiger partial charge is 0.122 e. The van der Waals surface area contributed by atoms with E-state index in [0.29, 0.717) is 11.5 Å². The summed E-state index contributed by atoms with van der Waals surface area (Å²) >= 11 is 0. The molecule has 0 heterocycles. The number of aromatic hydroxyl groups is 2. The van der Waals surface area contributed by atoms with E-state index < -0.39 is 0 Å². The minimum Gasteiger partial charge on any atom is -0.508 e. The third-order valence-corrected chi connectivity index (χ3v) is 4.05. The number of aryl methyl sites for hydroxylation is 2. The van der Waals surface area contributed by atoms with Crippen LogP contribution in [0.1, 0.15) is 50.8 Å². The zero-order valence-corrected chi connectivity index (χ0v) is 14.2. The number of phenolic OH excluding ortho intramolecular Hbond substituents is 2. The lowest BCUT2D eigenvalue weighted by molar-refractivity contribution is 0.440. The predicted molar refractivity (Wildman–Crippen MR) is 92.6 cm³/mol. The van der Waals surface area contributed by atoms with Crippen molar-refractivity contribution in [1.29, 1.82) is 0 Å². The second-order valence-corrected chi connectivity index (χ2v) is 7.03. The van der Waals surface area contributed by atoms with Crippen LogP contribution in [0.3, 0.4) is 0 Å². The average Bonchev–Trinajstić information content (AvgIpc) is 2.43. The van der Waals surface area contributed by atoms with E-state index in [4.69, 9.17) is 0 Å². The van der Waals surface area contributed by atoms with Crippen LogP contribution in [-0.2, 0) is 11.8 Å². The minimum atomic E-state index is -0.117. The highest BCUT2D eigenvalue weighted by Crippen LogP contribution is 2.38. The molecule has 0 spiro atoms. The summed E-state index contributed by atoms with van der Waals surface area (Å²) in [5.74, 6) is 0.737. The predicted octanol–water partition coefficient (Wildman–Crippen LogP) is 5.32. The topological polar surface area (TPSA) is 40.5 Å². The van der Waals surface area contributed by atoms with Crippen LogP contribution in [-0.4, -0.2) is 10.2 Å². The molecule has 0 radical (unpaired) electrons. The molecule has 0 aliphatic rings. The standard InChI is InChI=1S/C20H26O2/c1-6-7-15-11-16(12-17(19(15)22)20(3,4)5)14-8-9-18(21)13(2)10-14/h8-12,21-22H,6-7H2,1-5H3. The van der Waals surface area contributed by atoms with Gasteiger partial charge >= 0.3 is 0 Å². The first-order valence-corrected chi connectivity index (χ1v) is 7.90. The minimum absolute atomic E-state index is 0.117. The molecule has 2 rings (SSSR count). The monoisotopic (exact) mass is 298 g/mol. The third kappa shape index (κ3) is 3.27. The molecule has 0 aliphatic carbocycles. The van der Waals surface area contributed by atoms with Crippen molar-refractivity contribution in [2.24, 2.45) is 0 Å². The van der Waals surface area contributed by atoms with Crippen LogP contribution in [0.25, 0.3) is 11.1 Å². The van der Waals surface area contributed by atoms with Crippen molar-refractivity contribution in [2.45, 2.75) is 52.9 Å². The molecule has 0 atom stereocenters. The maximum atomic E-state index is 10.6. The third-order valence-electron chi connectivity index (χ3n) is 4.05. The van der Waals surface area contributed by atoms with Crippen LogP contribution in [0, 0.1) is 6.92 Å². The number of hydrogen-bond donors (Lipinski definition) is 2. The maximum absolute atomic E-state index is 10.6. The second-order valence-electron chi connectivity index (χ2n) is 7.03. The molecule has 0 amide bonds. The van der Waals surface area contributed by atoms with E-state index in [2.05, 4.69) is 39.8 Å². The Balaban J connectivity index is 2.65. The summed E-state index contributed by atoms with van der Waals surface area (Å²) in [5.41, 5.74) is 4.87. The molecule has 2 N–H and O–H groups in total. The van der Waals surface area contributed by atoms with E-state index in [9.17, 15) is 10.2 Å². The van der Waals surface area contributed by atoms with Gasteiger partial charge in [0.15, 0.2) is 0 Å². The van der Waals surface area contributed by atoms with Gasteiger partial charge in [0.1, 0.15) is 11.5 Å². The summed E-state index contributed by atoms with van der Waals surface area (Å²) in [6.45, 7) is 10.4. The van der Waals surface area contributed by atoms with Crippen molar-refractivity contribution in [3.63, 3.8) is 0 Å². The van der Waals surface area contributed by atoms with Crippen molar-refractivity contribution in [2.75, 3.05) is 0 Å². The van der Waals surface area contributed by atoms with E-state index in [-0.39, 0.29) is 5.41 Å². The fourth-order valence-corrected chi connectivity index (χ4v) is 2.73. The van der Waals surface area contributed by atoms with E-state index in [1.807, 2.05) is 19.1 Å². The van der Waals surface area contributed by atoms with E-state index >= 15 is 0 Å². The van der Waals surface area contributed by atoms with Crippen LogP contribution >= 0.6 is 0 Å². The second kappa shape index (κ2) is 6.04. The lowest BCUT2D eigenvalue weighted by Crippen LogP contribution is -2.12. The lowest BCUT2D eigenvalue weighted by atomic mass is 9.82. The van der Waals surface area contributed by atoms with Crippen LogP contribution in [0.2, 0.25) is 0 Å². The Kier molecular flexibility index (Phi) is 4.50. The Labute approximate surface area is 133 Å². The summed E-state index contributed by atoms with van der Waals surface area (Å²) in [4.78, 5) is 0. The highest BCUT2D eigenvalue weighted by molar-refractivity contribution is 5.69. The van der Waals surface area contributed by atoms with Crippen LogP contribution in [0.5, 0.6) is 11.5 Å². The number of hydrogen-bond acceptors (Lipinski definition) is 2. The van der Waals surface area contributed by atoms with E-state index in [0.717, 1.165) is 40.7 Å². The van der Waals surface area contributed by atoms with Crippen molar-refractivity contribution in [1.82, 2.24) is 0 Å². The molecule has 0 aliphatic heterocycles. The summed E-state index contributed by atoms with van der Waals surface area (Å²) in [6, 6.07) is 9.79. The van der Waals surface area contributed by atoms with Gasteiger partial charge in [-0.1, -0.05) is 40.2 Å².